The molecule has 1 nitrogen and oxygen atoms in total. The van der Waals surface area contributed by atoms with E-state index in [9.17, 15) is 0 Å². The molecule has 0 bridgehead atoms. The molecule has 0 unspecified atom stereocenters. The molecular weight excluding hydrogens is 134 g/mol. The van der Waals surface area contributed by atoms with Gasteiger partial charge in [-0.1, -0.05) is 32.4 Å². The van der Waals surface area contributed by atoms with Crippen LogP contribution in [0.4, 0.5) is 0 Å². The predicted molar refractivity (Wildman–Crippen MR) is 50.8 cm³/mol. The van der Waals surface area contributed by atoms with Crippen LogP contribution in [0, 0.1) is 0 Å². The van der Waals surface area contributed by atoms with Gasteiger partial charge in [0, 0.05) is 13.1 Å². The Kier molecular flexibility index (Phi) is 9.44. The predicted octanol–water partition coefficient (Wildman–Crippen LogP) is 2.75. The van der Waals surface area contributed by atoms with Gasteiger partial charge in [-0.25, -0.2) is 5.32 Å². The van der Waals surface area contributed by atoms with Crippen molar-refractivity contribution in [3.05, 3.63) is 12.2 Å². The molecule has 0 N–H and O–H groups in total. The summed E-state index contributed by atoms with van der Waals surface area (Å²) in [5.41, 5.74) is 0. The lowest BCUT2D eigenvalue weighted by molar-refractivity contribution is 0.633. The third-order valence-electron chi connectivity index (χ3n) is 1.53. The van der Waals surface area contributed by atoms with E-state index >= 15 is 0 Å². The van der Waals surface area contributed by atoms with E-state index in [4.69, 9.17) is 0 Å². The first-order valence-corrected chi connectivity index (χ1v) is 4.70. The van der Waals surface area contributed by atoms with Crippen LogP contribution in [0.25, 0.3) is 0 Å². The van der Waals surface area contributed by atoms with Crippen LogP contribution < -0.4 is 5.32 Å². The third kappa shape index (κ3) is 9.70. The van der Waals surface area contributed by atoms with E-state index in [2.05, 4.69) is 31.3 Å². The Bertz CT molecular complexity index is 86.9. The van der Waals surface area contributed by atoms with Crippen molar-refractivity contribution in [3.63, 3.8) is 0 Å². The molecule has 0 aromatic heterocycles. The summed E-state index contributed by atoms with van der Waals surface area (Å²) in [6.07, 6.45) is 9.20. The zero-order valence-electron chi connectivity index (χ0n) is 7.84. The Hall–Kier alpha value is -0.300. The van der Waals surface area contributed by atoms with E-state index in [-0.39, 0.29) is 0 Å². The zero-order valence-corrected chi connectivity index (χ0v) is 7.84. The van der Waals surface area contributed by atoms with Gasteiger partial charge in [-0.3, -0.25) is 0 Å². The molecule has 0 aromatic rings. The fourth-order valence-electron chi connectivity index (χ4n) is 0.832. The van der Waals surface area contributed by atoms with Crippen LogP contribution >= 0.6 is 0 Å². The molecule has 0 aliphatic rings. The van der Waals surface area contributed by atoms with Gasteiger partial charge in [-0.2, -0.15) is 0 Å². The number of rotatable bonds is 7. The fraction of sp³-hybridized carbons (Fsp3) is 0.800. The van der Waals surface area contributed by atoms with Gasteiger partial charge in [-0.15, -0.1) is 0 Å². The zero-order chi connectivity index (χ0) is 8.36. The van der Waals surface area contributed by atoms with E-state index < -0.39 is 0 Å². The monoisotopic (exact) mass is 154 g/mol. The van der Waals surface area contributed by atoms with Crippen molar-refractivity contribution in [2.45, 2.75) is 39.5 Å². The van der Waals surface area contributed by atoms with Crippen LogP contribution in [0.15, 0.2) is 12.2 Å². The normalized spacial score (nSPS) is 11.1. The molecule has 1 heteroatoms. The minimum Gasteiger partial charge on any atom is -0.241 e. The summed E-state index contributed by atoms with van der Waals surface area (Å²) in [5.74, 6) is 0. The van der Waals surface area contributed by atoms with E-state index in [0.717, 1.165) is 25.9 Å². The number of hydrogen-bond donors (Lipinski definition) is 0. The van der Waals surface area contributed by atoms with Gasteiger partial charge in [-0.05, 0) is 19.3 Å². The molecule has 1 radical (unpaired) electrons. The smallest absolute Gasteiger partial charge is 0.0167 e. The highest BCUT2D eigenvalue weighted by atomic mass is 14.8. The minimum atomic E-state index is 1.01. The summed E-state index contributed by atoms with van der Waals surface area (Å²) in [7, 11) is 0. The van der Waals surface area contributed by atoms with Crippen molar-refractivity contribution in [1.29, 1.82) is 0 Å². The molecule has 0 aromatic carbocycles. The number of hydrogen-bond acceptors (Lipinski definition) is 0. The number of allylic oxidation sites excluding steroid dienone is 1. The van der Waals surface area contributed by atoms with Gasteiger partial charge in [0.1, 0.15) is 0 Å². The van der Waals surface area contributed by atoms with Gasteiger partial charge in [0.25, 0.3) is 0 Å². The molecule has 0 fully saturated rings. The largest absolute Gasteiger partial charge is 0.241 e. The van der Waals surface area contributed by atoms with Crippen molar-refractivity contribution in [3.8, 4) is 0 Å². The fourth-order valence-corrected chi connectivity index (χ4v) is 0.832. The van der Waals surface area contributed by atoms with E-state index in [1.165, 1.54) is 12.8 Å². The lowest BCUT2D eigenvalue weighted by Crippen LogP contribution is -2.07. The Balaban J connectivity index is 2.85. The average molecular weight is 154 g/mol. The minimum absolute atomic E-state index is 1.01. The molecule has 0 atom stereocenters. The Morgan fingerprint density at radius 2 is 1.91 bits per heavy atom. The topological polar surface area (TPSA) is 14.1 Å². The van der Waals surface area contributed by atoms with Gasteiger partial charge in [0.2, 0.25) is 0 Å². The molecule has 0 aliphatic carbocycles. The van der Waals surface area contributed by atoms with E-state index in [1.54, 1.807) is 0 Å². The van der Waals surface area contributed by atoms with Crippen molar-refractivity contribution >= 4 is 0 Å². The molecule has 0 spiro atoms. The number of unbranched alkanes of at least 4 members (excludes halogenated alkanes) is 1. The molecule has 0 saturated heterocycles. The molecule has 65 valence electrons. The molecule has 0 aliphatic heterocycles. The SMILES string of the molecule is CC/C=C/CC[N]CCCC. The van der Waals surface area contributed by atoms with Crippen molar-refractivity contribution < 1.29 is 0 Å². The first-order valence-electron chi connectivity index (χ1n) is 4.70. The maximum Gasteiger partial charge on any atom is 0.0167 e. The van der Waals surface area contributed by atoms with Gasteiger partial charge < -0.3 is 0 Å². The first kappa shape index (κ1) is 10.7. The first-order chi connectivity index (χ1) is 5.41. The highest BCUT2D eigenvalue weighted by Gasteiger charge is 1.84. The molecule has 0 rings (SSSR count). The van der Waals surface area contributed by atoms with Crippen LogP contribution in [0.3, 0.4) is 0 Å². The molecule has 0 heterocycles. The summed E-state index contributed by atoms with van der Waals surface area (Å²) in [5, 5.41) is 4.38. The Morgan fingerprint density at radius 1 is 1.09 bits per heavy atom. The van der Waals surface area contributed by atoms with Crippen molar-refractivity contribution in [1.82, 2.24) is 5.32 Å². The maximum absolute atomic E-state index is 4.38. The molecular formula is C10H20N. The van der Waals surface area contributed by atoms with Crippen molar-refractivity contribution in [2.75, 3.05) is 13.1 Å². The summed E-state index contributed by atoms with van der Waals surface area (Å²) in [6, 6.07) is 0. The summed E-state index contributed by atoms with van der Waals surface area (Å²) < 4.78 is 0. The molecule has 0 amide bonds. The second kappa shape index (κ2) is 9.70. The van der Waals surface area contributed by atoms with Crippen LogP contribution in [-0.2, 0) is 0 Å². The highest BCUT2D eigenvalue weighted by molar-refractivity contribution is 4.80. The molecule has 11 heavy (non-hydrogen) atoms. The lowest BCUT2D eigenvalue weighted by atomic mass is 10.3. The lowest BCUT2D eigenvalue weighted by Gasteiger charge is -1.96. The summed E-state index contributed by atoms with van der Waals surface area (Å²) in [6.45, 7) is 6.42. The maximum atomic E-state index is 4.38. The second-order valence-electron chi connectivity index (χ2n) is 2.69. The standard InChI is InChI=1S/C10H20N/c1-3-5-7-8-10-11-9-6-4-2/h5,7H,3-4,6,8-10H2,1-2H3/b7-5+. The van der Waals surface area contributed by atoms with Crippen LogP contribution in [0.1, 0.15) is 39.5 Å². The number of nitrogens with zero attached hydrogens (tertiary/aromatic N) is 1. The van der Waals surface area contributed by atoms with E-state index in [0.29, 0.717) is 0 Å². The summed E-state index contributed by atoms with van der Waals surface area (Å²) in [4.78, 5) is 0. The van der Waals surface area contributed by atoms with Gasteiger partial charge >= 0.3 is 0 Å². The van der Waals surface area contributed by atoms with Crippen LogP contribution in [-0.4, -0.2) is 13.1 Å². The second-order valence-corrected chi connectivity index (χ2v) is 2.69. The highest BCUT2D eigenvalue weighted by Crippen LogP contribution is 1.87. The third-order valence-corrected chi connectivity index (χ3v) is 1.53. The molecule has 0 saturated carbocycles. The quantitative estimate of drug-likeness (QED) is 0.395. The van der Waals surface area contributed by atoms with Crippen molar-refractivity contribution in [2.24, 2.45) is 0 Å². The summed E-state index contributed by atoms with van der Waals surface area (Å²) >= 11 is 0. The van der Waals surface area contributed by atoms with E-state index in [1.807, 2.05) is 0 Å². The van der Waals surface area contributed by atoms with Gasteiger partial charge in [0.15, 0.2) is 0 Å². The van der Waals surface area contributed by atoms with Gasteiger partial charge in [0.05, 0.1) is 0 Å². The van der Waals surface area contributed by atoms with Crippen LogP contribution in [0.5, 0.6) is 0 Å². The van der Waals surface area contributed by atoms with Crippen LogP contribution in [0.2, 0.25) is 0 Å². The Morgan fingerprint density at radius 3 is 2.55 bits per heavy atom. The Labute approximate surface area is 70.9 Å². The average Bonchev–Trinajstić information content (AvgIpc) is 2.03.